The highest BCUT2D eigenvalue weighted by molar-refractivity contribution is 5.86. The van der Waals surface area contributed by atoms with Crippen LogP contribution < -0.4 is 0 Å². The maximum Gasteiger partial charge on any atom is 0.0713 e. The van der Waals surface area contributed by atoms with Gasteiger partial charge < -0.3 is 0 Å². The summed E-state index contributed by atoms with van der Waals surface area (Å²) in [5, 5.41) is 0. The molecule has 0 aromatic heterocycles. The van der Waals surface area contributed by atoms with Crippen molar-refractivity contribution in [3.63, 3.8) is 0 Å². The molecule has 0 heterocycles. The Balaban J connectivity index is 0.00000192. The second-order valence-corrected chi connectivity index (χ2v) is 7.57. The van der Waals surface area contributed by atoms with Crippen molar-refractivity contribution in [1.29, 1.82) is 0 Å². The minimum absolute atomic E-state index is 0. The minimum atomic E-state index is -0.269. The predicted octanol–water partition coefficient (Wildman–Crippen LogP) is 7.30. The standard InChI is InChI=1S/C27H22.CH4/c1-19-11-15-21(16-12-19)27(22-17-13-20(2)14-18-22)25-9-5-3-7-23(25)24-8-4-6-10-26(24)27;/h3-18H,1-2H3;1H4. The smallest absolute Gasteiger partial charge is 0.0713 e. The summed E-state index contributed by atoms with van der Waals surface area (Å²) < 4.78 is 0. The highest BCUT2D eigenvalue weighted by Gasteiger charge is 2.45. The van der Waals surface area contributed by atoms with Crippen molar-refractivity contribution in [1.82, 2.24) is 0 Å². The van der Waals surface area contributed by atoms with Gasteiger partial charge in [0.15, 0.2) is 0 Å². The quantitative estimate of drug-likeness (QED) is 0.309. The average Bonchev–Trinajstić information content (AvgIpc) is 3.01. The Morgan fingerprint density at radius 3 is 1.21 bits per heavy atom. The zero-order valence-electron chi connectivity index (χ0n) is 15.7. The molecule has 0 fully saturated rings. The van der Waals surface area contributed by atoms with Gasteiger partial charge in [0, 0.05) is 0 Å². The monoisotopic (exact) mass is 362 g/mol. The SMILES string of the molecule is C.Cc1ccc(C2(c3ccc(C)cc3)c3ccccc3-c3ccccc32)cc1. The summed E-state index contributed by atoms with van der Waals surface area (Å²) in [7, 11) is 0. The Hall–Kier alpha value is -3.12. The molecule has 0 radical (unpaired) electrons. The van der Waals surface area contributed by atoms with Crippen LogP contribution in [-0.2, 0) is 5.41 Å². The first-order valence-corrected chi connectivity index (χ1v) is 9.55. The van der Waals surface area contributed by atoms with E-state index in [4.69, 9.17) is 0 Å². The lowest BCUT2D eigenvalue weighted by Gasteiger charge is -2.34. The van der Waals surface area contributed by atoms with Gasteiger partial charge in [-0.3, -0.25) is 0 Å². The molecule has 1 aliphatic carbocycles. The lowest BCUT2D eigenvalue weighted by Crippen LogP contribution is -2.28. The van der Waals surface area contributed by atoms with Crippen molar-refractivity contribution in [3.05, 3.63) is 130 Å². The molecule has 0 spiro atoms. The largest absolute Gasteiger partial charge is 0.0776 e. The Morgan fingerprint density at radius 2 is 0.821 bits per heavy atom. The van der Waals surface area contributed by atoms with Gasteiger partial charge in [0.25, 0.3) is 0 Å². The van der Waals surface area contributed by atoms with E-state index in [1.54, 1.807) is 0 Å². The van der Waals surface area contributed by atoms with Crippen molar-refractivity contribution in [2.75, 3.05) is 0 Å². The molecule has 0 unspecified atom stereocenters. The molecule has 4 aromatic carbocycles. The van der Waals surface area contributed by atoms with E-state index in [1.165, 1.54) is 44.5 Å². The zero-order valence-corrected chi connectivity index (χ0v) is 15.7. The van der Waals surface area contributed by atoms with Gasteiger partial charge in [0.1, 0.15) is 0 Å². The average molecular weight is 363 g/mol. The van der Waals surface area contributed by atoms with Gasteiger partial charge in [0.2, 0.25) is 0 Å². The van der Waals surface area contributed by atoms with E-state index in [-0.39, 0.29) is 12.8 Å². The van der Waals surface area contributed by atoms with Crippen molar-refractivity contribution >= 4 is 0 Å². The van der Waals surface area contributed by atoms with Crippen molar-refractivity contribution in [3.8, 4) is 11.1 Å². The second kappa shape index (κ2) is 6.80. The number of hydrogen-bond acceptors (Lipinski definition) is 0. The molecule has 0 saturated carbocycles. The van der Waals surface area contributed by atoms with E-state index in [2.05, 4.69) is 111 Å². The van der Waals surface area contributed by atoms with Crippen LogP contribution in [0.4, 0.5) is 0 Å². The van der Waals surface area contributed by atoms with Gasteiger partial charge in [-0.25, -0.2) is 0 Å². The third-order valence-electron chi connectivity index (χ3n) is 5.92. The van der Waals surface area contributed by atoms with Gasteiger partial charge in [-0.05, 0) is 47.2 Å². The van der Waals surface area contributed by atoms with Gasteiger partial charge in [-0.1, -0.05) is 116 Å². The molecule has 138 valence electrons. The summed E-state index contributed by atoms with van der Waals surface area (Å²) in [6, 6.07) is 35.9. The first-order valence-electron chi connectivity index (χ1n) is 9.55. The topological polar surface area (TPSA) is 0 Å². The number of aryl methyl sites for hydroxylation is 2. The van der Waals surface area contributed by atoms with Crippen molar-refractivity contribution < 1.29 is 0 Å². The molecule has 1 aliphatic rings. The van der Waals surface area contributed by atoms with Gasteiger partial charge in [-0.2, -0.15) is 0 Å². The molecule has 0 N–H and O–H groups in total. The Bertz CT molecular complexity index is 1020. The van der Waals surface area contributed by atoms with E-state index in [9.17, 15) is 0 Å². The molecule has 0 nitrogen and oxygen atoms in total. The fourth-order valence-corrected chi connectivity index (χ4v) is 4.63. The van der Waals surface area contributed by atoms with Gasteiger partial charge >= 0.3 is 0 Å². The third-order valence-corrected chi connectivity index (χ3v) is 5.92. The Kier molecular flexibility index (Phi) is 4.43. The molecule has 28 heavy (non-hydrogen) atoms. The highest BCUT2D eigenvalue weighted by atomic mass is 14.5. The number of hydrogen-bond donors (Lipinski definition) is 0. The Labute approximate surface area is 168 Å². The van der Waals surface area contributed by atoms with Crippen LogP contribution in [0.1, 0.15) is 40.8 Å². The number of rotatable bonds is 2. The summed E-state index contributed by atoms with van der Waals surface area (Å²) in [5.41, 5.74) is 10.4. The number of benzene rings is 4. The molecular formula is C28H26. The molecule has 4 aromatic rings. The lowest BCUT2D eigenvalue weighted by molar-refractivity contribution is 0.767. The van der Waals surface area contributed by atoms with E-state index in [0.717, 1.165) is 0 Å². The van der Waals surface area contributed by atoms with Crippen LogP contribution in [-0.4, -0.2) is 0 Å². The molecule has 0 amide bonds. The summed E-state index contributed by atoms with van der Waals surface area (Å²) >= 11 is 0. The minimum Gasteiger partial charge on any atom is -0.0776 e. The van der Waals surface area contributed by atoms with Crippen molar-refractivity contribution in [2.24, 2.45) is 0 Å². The summed E-state index contributed by atoms with van der Waals surface area (Å²) in [4.78, 5) is 0. The molecule has 0 heteroatoms. The maximum absolute atomic E-state index is 2.30. The van der Waals surface area contributed by atoms with Crippen LogP contribution in [0.25, 0.3) is 11.1 Å². The first-order chi connectivity index (χ1) is 13.2. The van der Waals surface area contributed by atoms with Crippen LogP contribution in [0.2, 0.25) is 0 Å². The van der Waals surface area contributed by atoms with E-state index >= 15 is 0 Å². The van der Waals surface area contributed by atoms with E-state index < -0.39 is 0 Å². The molecule has 0 aliphatic heterocycles. The van der Waals surface area contributed by atoms with Crippen LogP contribution in [0.15, 0.2) is 97.1 Å². The van der Waals surface area contributed by atoms with E-state index in [1.807, 2.05) is 0 Å². The van der Waals surface area contributed by atoms with Crippen LogP contribution >= 0.6 is 0 Å². The summed E-state index contributed by atoms with van der Waals surface area (Å²) in [6.07, 6.45) is 0. The van der Waals surface area contributed by atoms with Gasteiger partial charge in [-0.15, -0.1) is 0 Å². The van der Waals surface area contributed by atoms with Crippen LogP contribution in [0.5, 0.6) is 0 Å². The highest BCUT2D eigenvalue weighted by Crippen LogP contribution is 2.55. The molecule has 5 rings (SSSR count). The third kappa shape index (κ3) is 2.45. The fourth-order valence-electron chi connectivity index (χ4n) is 4.63. The normalized spacial score (nSPS) is 13.4. The van der Waals surface area contributed by atoms with Gasteiger partial charge in [0.05, 0.1) is 5.41 Å². The van der Waals surface area contributed by atoms with Crippen LogP contribution in [0.3, 0.4) is 0 Å². The zero-order chi connectivity index (χ0) is 18.4. The summed E-state index contributed by atoms with van der Waals surface area (Å²) in [5.74, 6) is 0. The van der Waals surface area contributed by atoms with Crippen molar-refractivity contribution in [2.45, 2.75) is 26.7 Å². The predicted molar refractivity (Wildman–Crippen MR) is 120 cm³/mol. The fraction of sp³-hybridized carbons (Fsp3) is 0.143. The molecule has 0 saturated heterocycles. The first kappa shape index (κ1) is 18.3. The molecular weight excluding hydrogens is 336 g/mol. The molecule has 0 atom stereocenters. The summed E-state index contributed by atoms with van der Waals surface area (Å²) in [6.45, 7) is 4.30. The molecule has 0 bridgehead atoms. The number of fused-ring (bicyclic) bond motifs is 3. The van der Waals surface area contributed by atoms with Crippen LogP contribution in [0, 0.1) is 13.8 Å². The van der Waals surface area contributed by atoms with E-state index in [0.29, 0.717) is 0 Å². The Morgan fingerprint density at radius 1 is 0.464 bits per heavy atom. The maximum atomic E-state index is 2.30. The second-order valence-electron chi connectivity index (χ2n) is 7.57. The lowest BCUT2D eigenvalue weighted by atomic mass is 9.67.